The van der Waals surface area contributed by atoms with E-state index in [0.717, 1.165) is 23.3 Å². The van der Waals surface area contributed by atoms with Crippen LogP contribution in [0.3, 0.4) is 0 Å². The molecule has 0 saturated carbocycles. The van der Waals surface area contributed by atoms with Crippen molar-refractivity contribution in [2.75, 3.05) is 26.3 Å². The van der Waals surface area contributed by atoms with Crippen LogP contribution < -0.4 is 10.6 Å². The number of nitrogens with zero attached hydrogens (tertiary/aromatic N) is 2. The zero-order valence-electron chi connectivity index (χ0n) is 26.6. The number of ether oxygens (including phenoxy) is 2. The number of amides is 3. The minimum Gasteiger partial charge on any atom is -0.444 e. The smallest absolute Gasteiger partial charge is 0.416 e. The molecule has 1 aromatic heterocycles. The van der Waals surface area contributed by atoms with Crippen molar-refractivity contribution in [3.63, 3.8) is 0 Å². The number of halogens is 3. The molecule has 250 valence electrons. The van der Waals surface area contributed by atoms with Gasteiger partial charge in [-0.05, 0) is 74.1 Å². The Morgan fingerprint density at radius 3 is 2.43 bits per heavy atom. The quantitative estimate of drug-likeness (QED) is 0.279. The van der Waals surface area contributed by atoms with E-state index in [1.54, 1.807) is 45.0 Å². The summed E-state index contributed by atoms with van der Waals surface area (Å²) in [7, 11) is 0. The predicted octanol–water partition coefficient (Wildman–Crippen LogP) is 6.61. The summed E-state index contributed by atoms with van der Waals surface area (Å²) >= 11 is 1.24. The lowest BCUT2D eigenvalue weighted by Crippen LogP contribution is -2.46. The Kier molecular flexibility index (Phi) is 10.1. The summed E-state index contributed by atoms with van der Waals surface area (Å²) < 4.78 is 51.1. The molecule has 2 N–H and O–H groups in total. The number of aromatic nitrogens is 1. The van der Waals surface area contributed by atoms with Crippen molar-refractivity contribution >= 4 is 34.8 Å². The number of benzene rings is 2. The summed E-state index contributed by atoms with van der Waals surface area (Å²) in [4.78, 5) is 44.1. The molecule has 1 saturated heterocycles. The molecule has 0 unspecified atom stereocenters. The van der Waals surface area contributed by atoms with Crippen LogP contribution in [-0.4, -0.2) is 59.7 Å². The van der Waals surface area contributed by atoms with Gasteiger partial charge in [-0.1, -0.05) is 36.4 Å². The lowest BCUT2D eigenvalue weighted by atomic mass is 9.95. The number of carbonyl (C=O) groups excluding carboxylic acids is 3. The predicted molar refractivity (Wildman–Crippen MR) is 171 cm³/mol. The van der Waals surface area contributed by atoms with Gasteiger partial charge in [0.15, 0.2) is 5.01 Å². The molecule has 13 heteroatoms. The van der Waals surface area contributed by atoms with Crippen LogP contribution in [0.25, 0.3) is 16.7 Å². The maximum absolute atomic E-state index is 13.6. The molecule has 5 rings (SSSR count). The van der Waals surface area contributed by atoms with Gasteiger partial charge < -0.3 is 25.0 Å². The number of nitrogens with one attached hydrogen (secondary N) is 2. The standard InChI is InChI=1S/C34H37F3N4O5S/c1-20(39-29(42)30-40-28(19-47-30)23-11-13-41(14-12-23)31(43)25-17-45-18-25)21-5-7-22(8-6-21)27-15-26(34(35,36)37)10-9-24(27)16-38-32(44)46-33(2,3)4/h5-11,15,19-20,25H,12-14,16-18H2,1-4H3,(H,38,44)(H,39,42)/t20-/m1/s1. The first-order chi connectivity index (χ1) is 22.2. The molecule has 9 nitrogen and oxygen atoms in total. The number of alkyl carbamates (subject to hydrolysis) is 1. The first-order valence-electron chi connectivity index (χ1n) is 15.3. The monoisotopic (exact) mass is 670 g/mol. The fraction of sp³-hybridized carbons (Fsp3) is 0.412. The van der Waals surface area contributed by atoms with Crippen molar-refractivity contribution in [3.05, 3.63) is 81.3 Å². The summed E-state index contributed by atoms with van der Waals surface area (Å²) in [5.74, 6) is -0.286. The zero-order chi connectivity index (χ0) is 33.9. The van der Waals surface area contributed by atoms with Crippen molar-refractivity contribution in [2.45, 2.75) is 58.5 Å². The maximum Gasteiger partial charge on any atom is 0.416 e. The Labute approximate surface area is 275 Å². The second-order valence-electron chi connectivity index (χ2n) is 12.6. The molecular weight excluding hydrogens is 633 g/mol. The van der Waals surface area contributed by atoms with E-state index in [-0.39, 0.29) is 24.3 Å². The van der Waals surface area contributed by atoms with E-state index in [1.807, 2.05) is 23.3 Å². The average Bonchev–Trinajstić information content (AvgIpc) is 3.49. The number of hydrogen-bond donors (Lipinski definition) is 2. The fourth-order valence-corrected chi connectivity index (χ4v) is 5.96. The highest BCUT2D eigenvalue weighted by atomic mass is 32.1. The third kappa shape index (κ3) is 8.58. The molecule has 0 aliphatic carbocycles. The zero-order valence-corrected chi connectivity index (χ0v) is 27.4. The minimum atomic E-state index is -4.54. The van der Waals surface area contributed by atoms with Crippen molar-refractivity contribution in [3.8, 4) is 11.1 Å². The Balaban J connectivity index is 1.23. The van der Waals surface area contributed by atoms with Gasteiger partial charge in [-0.25, -0.2) is 9.78 Å². The van der Waals surface area contributed by atoms with Crippen LogP contribution in [0.1, 0.15) is 72.3 Å². The molecule has 1 atom stereocenters. The molecule has 0 bridgehead atoms. The van der Waals surface area contributed by atoms with E-state index >= 15 is 0 Å². The third-order valence-corrected chi connectivity index (χ3v) is 8.71. The largest absolute Gasteiger partial charge is 0.444 e. The normalized spacial score (nSPS) is 16.1. The molecule has 47 heavy (non-hydrogen) atoms. The average molecular weight is 671 g/mol. The topological polar surface area (TPSA) is 110 Å². The molecule has 0 spiro atoms. The first-order valence-corrected chi connectivity index (χ1v) is 16.2. The highest BCUT2D eigenvalue weighted by Crippen LogP contribution is 2.35. The van der Waals surface area contributed by atoms with Crippen molar-refractivity contribution in [1.82, 2.24) is 20.5 Å². The molecule has 0 radical (unpaired) electrons. The summed E-state index contributed by atoms with van der Waals surface area (Å²) in [6.07, 6.45) is -2.59. The van der Waals surface area contributed by atoms with Crippen LogP contribution in [0, 0.1) is 5.92 Å². The van der Waals surface area contributed by atoms with Crippen LogP contribution in [-0.2, 0) is 27.0 Å². The fourth-order valence-electron chi connectivity index (χ4n) is 5.21. The van der Waals surface area contributed by atoms with Gasteiger partial charge >= 0.3 is 12.3 Å². The third-order valence-electron chi connectivity index (χ3n) is 7.86. The van der Waals surface area contributed by atoms with Gasteiger partial charge in [0.2, 0.25) is 5.91 Å². The van der Waals surface area contributed by atoms with E-state index in [4.69, 9.17) is 9.47 Å². The lowest BCUT2D eigenvalue weighted by molar-refractivity contribution is -0.149. The number of hydrogen-bond acceptors (Lipinski definition) is 7. The highest BCUT2D eigenvalue weighted by Gasteiger charge is 2.32. The van der Waals surface area contributed by atoms with E-state index in [0.29, 0.717) is 60.1 Å². The number of rotatable bonds is 8. The summed E-state index contributed by atoms with van der Waals surface area (Å²) in [6, 6.07) is 9.84. The van der Waals surface area contributed by atoms with Crippen LogP contribution >= 0.6 is 11.3 Å². The minimum absolute atomic E-state index is 0.0322. The molecular formula is C34H37F3N4O5S. The van der Waals surface area contributed by atoms with Crippen LogP contribution in [0.15, 0.2) is 53.9 Å². The van der Waals surface area contributed by atoms with Gasteiger partial charge in [-0.2, -0.15) is 13.2 Å². The van der Waals surface area contributed by atoms with Crippen LogP contribution in [0.2, 0.25) is 0 Å². The van der Waals surface area contributed by atoms with E-state index in [9.17, 15) is 27.6 Å². The summed E-state index contributed by atoms with van der Waals surface area (Å²) in [6.45, 7) is 8.98. The maximum atomic E-state index is 13.6. The molecule has 2 aliphatic heterocycles. The molecule has 1 fully saturated rings. The Morgan fingerprint density at radius 2 is 1.83 bits per heavy atom. The van der Waals surface area contributed by atoms with Gasteiger partial charge in [0.1, 0.15) is 5.60 Å². The number of carbonyl (C=O) groups is 3. The van der Waals surface area contributed by atoms with Gasteiger partial charge in [-0.15, -0.1) is 11.3 Å². The second kappa shape index (κ2) is 13.9. The molecule has 2 aromatic carbocycles. The van der Waals surface area contributed by atoms with Crippen molar-refractivity contribution in [2.24, 2.45) is 5.92 Å². The first kappa shape index (κ1) is 34.1. The van der Waals surface area contributed by atoms with E-state index < -0.39 is 29.5 Å². The second-order valence-corrected chi connectivity index (χ2v) is 13.4. The van der Waals surface area contributed by atoms with E-state index in [1.165, 1.54) is 17.4 Å². The van der Waals surface area contributed by atoms with Crippen molar-refractivity contribution in [1.29, 1.82) is 0 Å². The molecule has 3 amide bonds. The number of thiazole rings is 1. The van der Waals surface area contributed by atoms with Crippen LogP contribution in [0.4, 0.5) is 18.0 Å². The Morgan fingerprint density at radius 1 is 1.11 bits per heavy atom. The van der Waals surface area contributed by atoms with Gasteiger partial charge in [0.05, 0.1) is 36.4 Å². The molecule has 2 aliphatic rings. The summed E-state index contributed by atoms with van der Waals surface area (Å²) in [5, 5.41) is 7.69. The molecule has 3 heterocycles. The Hall–Kier alpha value is -4.23. The van der Waals surface area contributed by atoms with E-state index in [2.05, 4.69) is 15.6 Å². The lowest BCUT2D eigenvalue weighted by Gasteiger charge is -2.33. The highest BCUT2D eigenvalue weighted by molar-refractivity contribution is 7.11. The Bertz CT molecular complexity index is 1660. The van der Waals surface area contributed by atoms with Gasteiger partial charge in [-0.3, -0.25) is 9.59 Å². The van der Waals surface area contributed by atoms with Crippen molar-refractivity contribution < 1.29 is 37.0 Å². The summed E-state index contributed by atoms with van der Waals surface area (Å²) in [5.41, 5.74) is 2.25. The SMILES string of the molecule is C[C@@H](NC(=O)c1nc(C2=CCN(C(=O)C3COC3)CC2)cs1)c1ccc(-c2cc(C(F)(F)F)ccc2CNC(=O)OC(C)(C)C)cc1. The van der Waals surface area contributed by atoms with Gasteiger partial charge in [0.25, 0.3) is 5.91 Å². The molecule has 3 aromatic rings. The van der Waals surface area contributed by atoms with Crippen LogP contribution in [0.5, 0.6) is 0 Å². The number of alkyl halides is 3. The van der Waals surface area contributed by atoms with Gasteiger partial charge in [0, 0.05) is 25.0 Å².